The number of aliphatic hydroxyl groups excluding tert-OH is 2. The normalized spacial score (nSPS) is 12.4. The van der Waals surface area contributed by atoms with Gasteiger partial charge in [-0.25, -0.2) is 0 Å². The molecule has 0 aliphatic rings. The second-order valence-electron chi connectivity index (χ2n) is 4.69. The highest BCUT2D eigenvalue weighted by atomic mass is 16.5. The number of hydrogen-bond acceptors (Lipinski definition) is 3. The molecule has 1 atom stereocenters. The van der Waals surface area contributed by atoms with E-state index in [1.807, 2.05) is 25.1 Å². The minimum atomic E-state index is -0.434. The minimum absolute atomic E-state index is 0.279. The first-order valence-electron chi connectivity index (χ1n) is 6.67. The van der Waals surface area contributed by atoms with E-state index in [1.54, 1.807) is 6.92 Å². The Morgan fingerprint density at radius 2 is 1.89 bits per heavy atom. The van der Waals surface area contributed by atoms with Crippen LogP contribution in [0.4, 0.5) is 0 Å². The Labute approximate surface area is 109 Å². The van der Waals surface area contributed by atoms with Gasteiger partial charge in [0.15, 0.2) is 0 Å². The van der Waals surface area contributed by atoms with Crippen molar-refractivity contribution in [3.63, 3.8) is 0 Å². The third-order valence-electron chi connectivity index (χ3n) is 2.99. The van der Waals surface area contributed by atoms with Crippen LogP contribution in [0.2, 0.25) is 0 Å². The molecule has 1 aromatic carbocycles. The molecule has 0 aliphatic carbocycles. The predicted octanol–water partition coefficient (Wildman–Crippen LogP) is 2.98. The van der Waals surface area contributed by atoms with Gasteiger partial charge in [-0.1, -0.05) is 12.5 Å². The third-order valence-corrected chi connectivity index (χ3v) is 2.99. The molecule has 0 fully saturated rings. The second-order valence-corrected chi connectivity index (χ2v) is 4.69. The van der Waals surface area contributed by atoms with Gasteiger partial charge in [0.1, 0.15) is 5.75 Å². The summed E-state index contributed by atoms with van der Waals surface area (Å²) in [6.07, 6.45) is 3.60. The molecular weight excluding hydrogens is 228 g/mol. The summed E-state index contributed by atoms with van der Waals surface area (Å²) in [6.45, 7) is 4.74. The zero-order valence-electron chi connectivity index (χ0n) is 11.4. The van der Waals surface area contributed by atoms with Gasteiger partial charge in [0.25, 0.3) is 0 Å². The van der Waals surface area contributed by atoms with Gasteiger partial charge in [-0.2, -0.15) is 0 Å². The summed E-state index contributed by atoms with van der Waals surface area (Å²) in [5, 5.41) is 18.1. The summed E-state index contributed by atoms with van der Waals surface area (Å²) in [6, 6.07) is 5.79. The Morgan fingerprint density at radius 1 is 1.17 bits per heavy atom. The van der Waals surface area contributed by atoms with Crippen LogP contribution in [0.25, 0.3) is 0 Å². The largest absolute Gasteiger partial charge is 0.493 e. The van der Waals surface area contributed by atoms with Crippen LogP contribution in [0, 0.1) is 6.92 Å². The molecule has 0 saturated heterocycles. The van der Waals surface area contributed by atoms with Crippen molar-refractivity contribution in [2.75, 3.05) is 13.2 Å². The number of benzene rings is 1. The van der Waals surface area contributed by atoms with Crippen molar-refractivity contribution < 1.29 is 14.9 Å². The average molecular weight is 252 g/mol. The molecule has 2 N–H and O–H groups in total. The third kappa shape index (κ3) is 5.07. The molecule has 0 amide bonds. The monoisotopic (exact) mass is 252 g/mol. The van der Waals surface area contributed by atoms with Gasteiger partial charge in [-0.15, -0.1) is 0 Å². The Balaban J connectivity index is 2.34. The van der Waals surface area contributed by atoms with Gasteiger partial charge in [-0.3, -0.25) is 0 Å². The summed E-state index contributed by atoms with van der Waals surface area (Å²) < 4.78 is 5.71. The average Bonchev–Trinajstić information content (AvgIpc) is 2.35. The van der Waals surface area contributed by atoms with Crippen LogP contribution in [0.1, 0.15) is 49.8 Å². The fraction of sp³-hybridized carbons (Fsp3) is 0.600. The van der Waals surface area contributed by atoms with Gasteiger partial charge in [-0.05, 0) is 56.4 Å². The smallest absolute Gasteiger partial charge is 0.122 e. The van der Waals surface area contributed by atoms with E-state index in [9.17, 15) is 5.11 Å². The van der Waals surface area contributed by atoms with E-state index >= 15 is 0 Å². The fourth-order valence-electron chi connectivity index (χ4n) is 1.84. The Bertz CT molecular complexity index is 348. The Kier molecular flexibility index (Phi) is 6.76. The highest BCUT2D eigenvalue weighted by Crippen LogP contribution is 2.22. The molecular formula is C15H24O3. The zero-order valence-corrected chi connectivity index (χ0v) is 11.4. The molecule has 0 unspecified atom stereocenters. The first-order valence-corrected chi connectivity index (χ1v) is 6.67. The van der Waals surface area contributed by atoms with Gasteiger partial charge < -0.3 is 14.9 Å². The maximum Gasteiger partial charge on any atom is 0.122 e. The fourth-order valence-corrected chi connectivity index (χ4v) is 1.84. The van der Waals surface area contributed by atoms with Crippen molar-refractivity contribution in [1.82, 2.24) is 0 Å². The topological polar surface area (TPSA) is 49.7 Å². The molecule has 102 valence electrons. The van der Waals surface area contributed by atoms with Crippen molar-refractivity contribution in [2.24, 2.45) is 0 Å². The van der Waals surface area contributed by atoms with Crippen molar-refractivity contribution in [3.05, 3.63) is 29.3 Å². The lowest BCUT2D eigenvalue weighted by Crippen LogP contribution is -2.00. The molecule has 0 aromatic heterocycles. The standard InChI is InChI=1S/C15H24O3/c1-12-11-14(13(2)17)7-8-15(12)18-10-6-4-3-5-9-16/h7-8,11,13,16-17H,3-6,9-10H2,1-2H3/t13-/m1/s1. The lowest BCUT2D eigenvalue weighted by Gasteiger charge is -2.11. The molecule has 0 bridgehead atoms. The molecule has 0 aliphatic heterocycles. The highest BCUT2D eigenvalue weighted by molar-refractivity contribution is 5.36. The van der Waals surface area contributed by atoms with Gasteiger partial charge in [0.05, 0.1) is 12.7 Å². The first kappa shape index (κ1) is 15.0. The first-order chi connectivity index (χ1) is 8.65. The summed E-state index contributed by atoms with van der Waals surface area (Å²) in [5.41, 5.74) is 1.98. The molecule has 3 heteroatoms. The molecule has 1 aromatic rings. The Hall–Kier alpha value is -1.06. The summed E-state index contributed by atoms with van der Waals surface area (Å²) in [5.74, 6) is 0.890. The van der Waals surface area contributed by atoms with Gasteiger partial charge in [0, 0.05) is 6.61 Å². The van der Waals surface area contributed by atoms with Crippen molar-refractivity contribution in [1.29, 1.82) is 0 Å². The Morgan fingerprint density at radius 3 is 2.50 bits per heavy atom. The second kappa shape index (κ2) is 8.11. The van der Waals surface area contributed by atoms with E-state index in [0.717, 1.165) is 42.6 Å². The van der Waals surface area contributed by atoms with E-state index in [4.69, 9.17) is 9.84 Å². The van der Waals surface area contributed by atoms with Gasteiger partial charge >= 0.3 is 0 Å². The lowest BCUT2D eigenvalue weighted by atomic mass is 10.1. The minimum Gasteiger partial charge on any atom is -0.493 e. The number of aryl methyl sites for hydroxylation is 1. The van der Waals surface area contributed by atoms with Crippen LogP contribution in [0.15, 0.2) is 18.2 Å². The summed E-state index contributed by atoms with van der Waals surface area (Å²) in [7, 11) is 0. The molecule has 0 saturated carbocycles. The number of aliphatic hydroxyl groups is 2. The van der Waals surface area contributed by atoms with Gasteiger partial charge in [0.2, 0.25) is 0 Å². The number of ether oxygens (including phenoxy) is 1. The number of unbranched alkanes of at least 4 members (excludes halogenated alkanes) is 3. The van der Waals surface area contributed by atoms with Crippen LogP contribution in [0.3, 0.4) is 0 Å². The number of hydrogen-bond donors (Lipinski definition) is 2. The van der Waals surface area contributed by atoms with Crippen LogP contribution in [0.5, 0.6) is 5.75 Å². The highest BCUT2D eigenvalue weighted by Gasteiger charge is 2.04. The SMILES string of the molecule is Cc1cc([C@@H](C)O)ccc1OCCCCCCO. The molecule has 3 nitrogen and oxygen atoms in total. The van der Waals surface area contributed by atoms with Crippen molar-refractivity contribution in [2.45, 2.75) is 45.6 Å². The molecule has 0 radical (unpaired) electrons. The van der Waals surface area contributed by atoms with Crippen molar-refractivity contribution in [3.8, 4) is 5.75 Å². The van der Waals surface area contributed by atoms with E-state index in [-0.39, 0.29) is 6.61 Å². The lowest BCUT2D eigenvalue weighted by molar-refractivity contribution is 0.199. The molecule has 18 heavy (non-hydrogen) atoms. The van der Waals surface area contributed by atoms with Crippen LogP contribution in [-0.4, -0.2) is 23.4 Å². The maximum atomic E-state index is 9.47. The van der Waals surface area contributed by atoms with E-state index in [1.165, 1.54) is 0 Å². The van der Waals surface area contributed by atoms with Crippen LogP contribution < -0.4 is 4.74 Å². The zero-order chi connectivity index (χ0) is 13.4. The predicted molar refractivity (Wildman–Crippen MR) is 72.9 cm³/mol. The molecule has 0 heterocycles. The maximum absolute atomic E-state index is 9.47. The molecule has 0 spiro atoms. The number of rotatable bonds is 8. The summed E-state index contributed by atoms with van der Waals surface area (Å²) >= 11 is 0. The summed E-state index contributed by atoms with van der Waals surface area (Å²) in [4.78, 5) is 0. The van der Waals surface area contributed by atoms with Crippen molar-refractivity contribution >= 4 is 0 Å². The van der Waals surface area contributed by atoms with Crippen LogP contribution >= 0.6 is 0 Å². The van der Waals surface area contributed by atoms with Crippen LogP contribution in [-0.2, 0) is 0 Å². The van der Waals surface area contributed by atoms with E-state index in [0.29, 0.717) is 6.61 Å². The molecule has 1 rings (SSSR count). The van der Waals surface area contributed by atoms with E-state index in [2.05, 4.69) is 0 Å². The quantitative estimate of drug-likeness (QED) is 0.699. The van der Waals surface area contributed by atoms with E-state index < -0.39 is 6.10 Å².